The predicted octanol–water partition coefficient (Wildman–Crippen LogP) is 2.62. The third kappa shape index (κ3) is 10.7. The van der Waals surface area contributed by atoms with Crippen molar-refractivity contribution in [3.63, 3.8) is 0 Å². The minimum absolute atomic E-state index is 0.210. The quantitative estimate of drug-likeness (QED) is 0.324. The van der Waals surface area contributed by atoms with Crippen molar-refractivity contribution in [3.05, 3.63) is 0 Å². The lowest BCUT2D eigenvalue weighted by Gasteiger charge is -2.22. The number of carboxylic acid groups (broad SMARTS) is 1. The number of thioether (sulfide) groups is 1. The van der Waals surface area contributed by atoms with Crippen LogP contribution in [0.2, 0.25) is 0 Å². The van der Waals surface area contributed by atoms with Gasteiger partial charge < -0.3 is 14.6 Å². The first-order valence-electron chi connectivity index (χ1n) is 9.30. The van der Waals surface area contributed by atoms with Crippen molar-refractivity contribution >= 4 is 29.7 Å². The molecule has 3 atom stereocenters. The third-order valence-electron chi connectivity index (χ3n) is 3.73. The number of carbonyl (C=O) groups is 3. The average molecular weight is 392 g/mol. The predicted molar refractivity (Wildman–Crippen MR) is 102 cm³/mol. The van der Waals surface area contributed by atoms with Crippen LogP contribution in [0.3, 0.4) is 0 Å². The second kappa shape index (κ2) is 14.8. The molecule has 8 heteroatoms. The van der Waals surface area contributed by atoms with Gasteiger partial charge in [0, 0.05) is 5.75 Å². The van der Waals surface area contributed by atoms with Crippen LogP contribution in [0.15, 0.2) is 0 Å². The Morgan fingerprint density at radius 1 is 1.00 bits per heavy atom. The maximum absolute atomic E-state index is 12.2. The fraction of sp³-hybridized carbons (Fsp3) is 0.833. The van der Waals surface area contributed by atoms with E-state index in [1.54, 1.807) is 13.8 Å². The molecule has 0 fully saturated rings. The zero-order valence-electron chi connectivity index (χ0n) is 16.3. The van der Waals surface area contributed by atoms with Crippen molar-refractivity contribution in [3.8, 4) is 0 Å². The molecule has 0 bridgehead atoms. The number of unbranched alkanes of at least 4 members (excludes halogenated alkanes) is 3. The number of aliphatic carboxylic acids is 1. The molecule has 0 aliphatic carbocycles. The molecule has 0 amide bonds. The lowest BCUT2D eigenvalue weighted by molar-refractivity contribution is -0.146. The van der Waals surface area contributed by atoms with Crippen LogP contribution in [-0.4, -0.2) is 59.3 Å². The largest absolute Gasteiger partial charge is 0.480 e. The summed E-state index contributed by atoms with van der Waals surface area (Å²) in [7, 11) is 0. The molecule has 0 aromatic heterocycles. The Kier molecular flexibility index (Phi) is 14.1. The van der Waals surface area contributed by atoms with Gasteiger partial charge in [0.1, 0.15) is 17.3 Å². The van der Waals surface area contributed by atoms with Crippen LogP contribution in [0.4, 0.5) is 0 Å². The van der Waals surface area contributed by atoms with Crippen LogP contribution in [0.1, 0.15) is 59.8 Å². The standard InChI is InChI=1S/C18H33NO6S/c1-5-8-9-10-11-15(18(23)25-7-3)26-12-14(17(22)24-6-2)19-13(4)16(20)21/h13-15,19H,5-12H2,1-4H3,(H,20,21)/t13-,14?,15+/m0/s1. The summed E-state index contributed by atoms with van der Waals surface area (Å²) in [6.45, 7) is 7.55. The SMILES string of the molecule is CCCCCC[C@@H](SCC(N[C@@H](C)C(=O)O)C(=O)OCC)C(=O)OCC. The number of ether oxygens (including phenoxy) is 2. The molecule has 0 heterocycles. The molecular weight excluding hydrogens is 358 g/mol. The zero-order valence-corrected chi connectivity index (χ0v) is 17.1. The molecule has 0 saturated carbocycles. The molecule has 1 unspecified atom stereocenters. The number of nitrogens with one attached hydrogen (secondary N) is 1. The Balaban J connectivity index is 4.84. The smallest absolute Gasteiger partial charge is 0.324 e. The van der Waals surface area contributed by atoms with Gasteiger partial charge in [-0.25, -0.2) is 0 Å². The van der Waals surface area contributed by atoms with Gasteiger partial charge >= 0.3 is 17.9 Å². The first-order chi connectivity index (χ1) is 12.4. The molecule has 0 aliphatic heterocycles. The molecule has 0 radical (unpaired) electrons. The molecule has 7 nitrogen and oxygen atoms in total. The summed E-state index contributed by atoms with van der Waals surface area (Å²) in [5, 5.41) is 11.4. The first kappa shape index (κ1) is 24.7. The number of carboxylic acids is 1. The maximum atomic E-state index is 12.2. The van der Waals surface area contributed by atoms with Crippen LogP contribution < -0.4 is 5.32 Å². The summed E-state index contributed by atoms with van der Waals surface area (Å²) in [6.07, 6.45) is 4.85. The molecule has 0 aliphatic rings. The Morgan fingerprint density at radius 2 is 1.62 bits per heavy atom. The highest BCUT2D eigenvalue weighted by atomic mass is 32.2. The van der Waals surface area contributed by atoms with E-state index in [2.05, 4.69) is 12.2 Å². The fourth-order valence-corrected chi connectivity index (χ4v) is 3.47. The van der Waals surface area contributed by atoms with E-state index in [1.165, 1.54) is 18.7 Å². The van der Waals surface area contributed by atoms with Crippen LogP contribution in [0.25, 0.3) is 0 Å². The minimum Gasteiger partial charge on any atom is -0.480 e. The van der Waals surface area contributed by atoms with Gasteiger partial charge in [0.15, 0.2) is 0 Å². The highest BCUT2D eigenvalue weighted by Crippen LogP contribution is 2.21. The van der Waals surface area contributed by atoms with Crippen LogP contribution in [0.5, 0.6) is 0 Å². The van der Waals surface area contributed by atoms with Gasteiger partial charge in [-0.3, -0.25) is 19.7 Å². The number of carbonyl (C=O) groups excluding carboxylic acids is 2. The summed E-state index contributed by atoms with van der Waals surface area (Å²) in [4.78, 5) is 35.3. The molecule has 0 rings (SSSR count). The van der Waals surface area contributed by atoms with Gasteiger partial charge in [0.2, 0.25) is 0 Å². The monoisotopic (exact) mass is 391 g/mol. The fourth-order valence-electron chi connectivity index (χ4n) is 2.27. The van der Waals surface area contributed by atoms with Crippen molar-refractivity contribution in [2.45, 2.75) is 77.1 Å². The van der Waals surface area contributed by atoms with Crippen molar-refractivity contribution in [1.82, 2.24) is 5.32 Å². The van der Waals surface area contributed by atoms with Gasteiger partial charge in [-0.15, -0.1) is 11.8 Å². The third-order valence-corrected chi connectivity index (χ3v) is 5.08. The summed E-state index contributed by atoms with van der Waals surface area (Å²) in [6, 6.07) is -1.69. The Hall–Kier alpha value is -1.28. The molecule has 0 aromatic rings. The minimum atomic E-state index is -1.05. The molecule has 152 valence electrons. The van der Waals surface area contributed by atoms with Gasteiger partial charge in [0.25, 0.3) is 0 Å². The van der Waals surface area contributed by atoms with Crippen LogP contribution in [0, 0.1) is 0 Å². The lowest BCUT2D eigenvalue weighted by Crippen LogP contribution is -2.48. The summed E-state index contributed by atoms with van der Waals surface area (Å²) >= 11 is 1.31. The Bertz CT molecular complexity index is 432. The summed E-state index contributed by atoms with van der Waals surface area (Å²) in [5.41, 5.74) is 0. The first-order valence-corrected chi connectivity index (χ1v) is 10.4. The Morgan fingerprint density at radius 3 is 2.15 bits per heavy atom. The Labute approximate surface area is 160 Å². The van der Waals surface area contributed by atoms with E-state index in [1.807, 2.05) is 0 Å². The zero-order chi connectivity index (χ0) is 19.9. The highest BCUT2D eigenvalue weighted by molar-refractivity contribution is 8.00. The van der Waals surface area contributed by atoms with Crippen molar-refractivity contribution < 1.29 is 29.0 Å². The molecule has 0 spiro atoms. The van der Waals surface area contributed by atoms with E-state index in [-0.39, 0.29) is 23.6 Å². The van der Waals surface area contributed by atoms with Crippen LogP contribution >= 0.6 is 11.8 Å². The van der Waals surface area contributed by atoms with E-state index in [0.29, 0.717) is 13.0 Å². The second-order valence-corrected chi connectivity index (χ2v) is 7.19. The molecule has 26 heavy (non-hydrogen) atoms. The summed E-state index contributed by atoms with van der Waals surface area (Å²) < 4.78 is 10.1. The van der Waals surface area contributed by atoms with E-state index in [0.717, 1.165) is 25.7 Å². The van der Waals surface area contributed by atoms with E-state index in [4.69, 9.17) is 14.6 Å². The topological polar surface area (TPSA) is 102 Å². The molecular formula is C18H33NO6S. The van der Waals surface area contributed by atoms with E-state index < -0.39 is 24.0 Å². The number of esters is 2. The van der Waals surface area contributed by atoms with E-state index in [9.17, 15) is 14.4 Å². The van der Waals surface area contributed by atoms with Crippen molar-refractivity contribution in [2.24, 2.45) is 0 Å². The normalized spacial score (nSPS) is 14.3. The second-order valence-electron chi connectivity index (χ2n) is 5.95. The highest BCUT2D eigenvalue weighted by Gasteiger charge is 2.28. The van der Waals surface area contributed by atoms with E-state index >= 15 is 0 Å². The van der Waals surface area contributed by atoms with Crippen molar-refractivity contribution in [2.75, 3.05) is 19.0 Å². The van der Waals surface area contributed by atoms with Gasteiger partial charge in [-0.2, -0.15) is 0 Å². The van der Waals surface area contributed by atoms with Crippen molar-refractivity contribution in [1.29, 1.82) is 0 Å². The number of hydrogen-bond acceptors (Lipinski definition) is 7. The summed E-state index contributed by atoms with van der Waals surface area (Å²) in [5.74, 6) is -1.61. The number of hydrogen-bond donors (Lipinski definition) is 2. The lowest BCUT2D eigenvalue weighted by atomic mass is 10.1. The molecule has 0 aromatic carbocycles. The number of rotatable bonds is 15. The van der Waals surface area contributed by atoms with Gasteiger partial charge in [-0.1, -0.05) is 32.6 Å². The van der Waals surface area contributed by atoms with Gasteiger partial charge in [-0.05, 0) is 27.2 Å². The molecule has 0 saturated heterocycles. The maximum Gasteiger partial charge on any atom is 0.324 e. The van der Waals surface area contributed by atoms with Crippen LogP contribution in [-0.2, 0) is 23.9 Å². The molecule has 2 N–H and O–H groups in total. The average Bonchev–Trinajstić information content (AvgIpc) is 2.59. The van der Waals surface area contributed by atoms with Gasteiger partial charge in [0.05, 0.1) is 13.2 Å².